The third kappa shape index (κ3) is 5.14. The quantitative estimate of drug-likeness (QED) is 0.473. The van der Waals surface area contributed by atoms with E-state index < -0.39 is 0 Å². The van der Waals surface area contributed by atoms with Crippen molar-refractivity contribution in [2.24, 2.45) is 0 Å². The molecule has 168 valence electrons. The largest absolute Gasteiger partial charge is 0.376 e. The van der Waals surface area contributed by atoms with Gasteiger partial charge in [-0.25, -0.2) is 4.98 Å². The van der Waals surface area contributed by atoms with Crippen molar-refractivity contribution >= 4 is 28.6 Å². The third-order valence-corrected chi connectivity index (χ3v) is 7.34. The van der Waals surface area contributed by atoms with E-state index in [2.05, 4.69) is 18.7 Å². The topological polar surface area (TPSA) is 64.4 Å². The van der Waals surface area contributed by atoms with E-state index in [1.54, 1.807) is 4.57 Å². The molecule has 0 radical (unpaired) electrons. The van der Waals surface area contributed by atoms with Gasteiger partial charge < -0.3 is 9.64 Å². The Morgan fingerprint density at radius 1 is 1.19 bits per heavy atom. The summed E-state index contributed by atoms with van der Waals surface area (Å²) in [6.07, 6.45) is 7.84. The highest BCUT2D eigenvalue weighted by atomic mass is 32.2. The van der Waals surface area contributed by atoms with E-state index >= 15 is 0 Å². The van der Waals surface area contributed by atoms with E-state index in [0.717, 1.165) is 32.3 Å². The molecule has 1 saturated carbocycles. The summed E-state index contributed by atoms with van der Waals surface area (Å²) < 4.78 is 7.50. The number of ether oxygens (including phenoxy) is 1. The van der Waals surface area contributed by atoms with Crippen molar-refractivity contribution in [3.8, 4) is 0 Å². The highest BCUT2D eigenvalue weighted by Crippen LogP contribution is 2.26. The molecule has 2 heterocycles. The Balaban J connectivity index is 1.57. The highest BCUT2D eigenvalue weighted by Gasteiger charge is 2.28. The Morgan fingerprint density at radius 2 is 1.97 bits per heavy atom. The predicted octanol–water partition coefficient (Wildman–Crippen LogP) is 4.24. The maximum atomic E-state index is 13.2. The number of hydrogen-bond acceptors (Lipinski definition) is 5. The zero-order valence-corrected chi connectivity index (χ0v) is 19.4. The molecule has 2 fully saturated rings. The van der Waals surface area contributed by atoms with Gasteiger partial charge >= 0.3 is 0 Å². The van der Waals surface area contributed by atoms with Crippen molar-refractivity contribution in [1.29, 1.82) is 0 Å². The normalized spacial score (nSPS) is 19.9. The molecule has 1 aliphatic carbocycles. The number of rotatable bonds is 7. The highest BCUT2D eigenvalue weighted by molar-refractivity contribution is 7.99. The Morgan fingerprint density at radius 3 is 2.68 bits per heavy atom. The lowest BCUT2D eigenvalue weighted by Gasteiger charge is -2.37. The molecule has 1 amide bonds. The van der Waals surface area contributed by atoms with Crippen molar-refractivity contribution in [3.63, 3.8) is 0 Å². The summed E-state index contributed by atoms with van der Waals surface area (Å²) >= 11 is 1.38. The third-order valence-electron chi connectivity index (χ3n) is 6.37. The number of aromatic nitrogens is 2. The number of carbonyl (C=O) groups excluding carboxylic acids is 1. The number of carbonyl (C=O) groups is 1. The Labute approximate surface area is 188 Å². The van der Waals surface area contributed by atoms with Crippen LogP contribution >= 0.6 is 11.8 Å². The van der Waals surface area contributed by atoms with Gasteiger partial charge in [-0.05, 0) is 51.7 Å². The number of amides is 1. The smallest absolute Gasteiger partial charge is 0.262 e. The van der Waals surface area contributed by atoms with Crippen LogP contribution in [0.25, 0.3) is 10.9 Å². The standard InChI is InChI=1S/C24H33N3O3S/c1-17(2)27(18-9-4-3-5-10-18)22(28)16-31-24-25-21-13-7-6-12-20(21)23(29)26(24)15-19-11-8-14-30-19/h6-7,12-13,17-19H,3-5,8-11,14-16H2,1-2H3. The summed E-state index contributed by atoms with van der Waals surface area (Å²) in [7, 11) is 0. The fraction of sp³-hybridized carbons (Fsp3) is 0.625. The molecule has 0 bridgehead atoms. The van der Waals surface area contributed by atoms with Gasteiger partial charge in [0.2, 0.25) is 5.91 Å². The van der Waals surface area contributed by atoms with Crippen LogP contribution in [0.2, 0.25) is 0 Å². The first kappa shape index (κ1) is 22.3. The van der Waals surface area contributed by atoms with Crippen LogP contribution in [0.5, 0.6) is 0 Å². The van der Waals surface area contributed by atoms with E-state index in [1.165, 1.54) is 31.0 Å². The van der Waals surface area contributed by atoms with Crippen molar-refractivity contribution in [3.05, 3.63) is 34.6 Å². The summed E-state index contributed by atoms with van der Waals surface area (Å²) in [5.41, 5.74) is 0.628. The second kappa shape index (κ2) is 10.2. The summed E-state index contributed by atoms with van der Waals surface area (Å²) in [6, 6.07) is 7.95. The molecule has 1 aromatic carbocycles. The summed E-state index contributed by atoms with van der Waals surface area (Å²) in [5, 5.41) is 1.22. The van der Waals surface area contributed by atoms with Crippen LogP contribution in [0.3, 0.4) is 0 Å². The van der Waals surface area contributed by atoms with Crippen LogP contribution in [0.4, 0.5) is 0 Å². The lowest BCUT2D eigenvalue weighted by Crippen LogP contribution is -2.46. The molecule has 6 nitrogen and oxygen atoms in total. The zero-order valence-electron chi connectivity index (χ0n) is 18.6. The van der Waals surface area contributed by atoms with Gasteiger partial charge in [-0.15, -0.1) is 0 Å². The molecule has 0 spiro atoms. The SMILES string of the molecule is CC(C)N(C(=O)CSc1nc2ccccc2c(=O)n1CC1CCCO1)C1CCCCC1. The Bertz CT molecular complexity index is 962. The van der Waals surface area contributed by atoms with Gasteiger partial charge in [-0.2, -0.15) is 0 Å². The number of para-hydroxylation sites is 1. The fourth-order valence-corrected chi connectivity index (χ4v) is 5.76. The second-order valence-corrected chi connectivity index (χ2v) is 9.88. The van der Waals surface area contributed by atoms with Crippen molar-refractivity contribution in [1.82, 2.24) is 14.5 Å². The van der Waals surface area contributed by atoms with Gasteiger partial charge in [-0.3, -0.25) is 14.2 Å². The summed E-state index contributed by atoms with van der Waals surface area (Å²) in [6.45, 7) is 5.42. The molecule has 31 heavy (non-hydrogen) atoms. The molecular weight excluding hydrogens is 410 g/mol. The Hall–Kier alpha value is -1.86. The van der Waals surface area contributed by atoms with Crippen LogP contribution in [0, 0.1) is 0 Å². The van der Waals surface area contributed by atoms with E-state index in [9.17, 15) is 9.59 Å². The predicted molar refractivity (Wildman–Crippen MR) is 125 cm³/mol. The van der Waals surface area contributed by atoms with Crippen LogP contribution in [0.15, 0.2) is 34.2 Å². The van der Waals surface area contributed by atoms with Crippen molar-refractivity contribution in [2.45, 2.75) is 88.7 Å². The number of benzene rings is 1. The molecule has 2 aliphatic rings. The van der Waals surface area contributed by atoms with Gasteiger partial charge in [0.15, 0.2) is 5.16 Å². The van der Waals surface area contributed by atoms with Gasteiger partial charge in [-0.1, -0.05) is 43.2 Å². The average Bonchev–Trinajstić information content (AvgIpc) is 3.28. The fourth-order valence-electron chi connectivity index (χ4n) is 4.88. The monoisotopic (exact) mass is 443 g/mol. The molecule has 1 atom stereocenters. The number of hydrogen-bond donors (Lipinski definition) is 0. The molecular formula is C24H33N3O3S. The molecule has 7 heteroatoms. The molecule has 1 saturated heterocycles. The first-order valence-corrected chi connectivity index (χ1v) is 12.6. The maximum absolute atomic E-state index is 13.2. The van der Waals surface area contributed by atoms with E-state index in [-0.39, 0.29) is 23.6 Å². The number of nitrogens with zero attached hydrogens (tertiary/aromatic N) is 3. The van der Waals surface area contributed by atoms with Crippen LogP contribution in [-0.2, 0) is 16.1 Å². The number of thioether (sulfide) groups is 1. The first-order chi connectivity index (χ1) is 15.0. The molecule has 4 rings (SSSR count). The van der Waals surface area contributed by atoms with Gasteiger partial charge in [0, 0.05) is 18.7 Å². The summed E-state index contributed by atoms with van der Waals surface area (Å²) in [4.78, 5) is 33.3. The van der Waals surface area contributed by atoms with Gasteiger partial charge in [0.25, 0.3) is 5.56 Å². The first-order valence-electron chi connectivity index (χ1n) is 11.6. The molecule has 2 aromatic rings. The summed E-state index contributed by atoms with van der Waals surface area (Å²) in [5.74, 6) is 0.434. The van der Waals surface area contributed by atoms with Gasteiger partial charge in [0.05, 0.1) is 29.3 Å². The average molecular weight is 444 g/mol. The zero-order chi connectivity index (χ0) is 21.8. The van der Waals surface area contributed by atoms with Gasteiger partial charge in [0.1, 0.15) is 0 Å². The minimum atomic E-state index is -0.0518. The lowest BCUT2D eigenvalue weighted by atomic mass is 9.93. The molecule has 1 aromatic heterocycles. The molecule has 1 aliphatic heterocycles. The number of fused-ring (bicyclic) bond motifs is 1. The maximum Gasteiger partial charge on any atom is 0.262 e. The lowest BCUT2D eigenvalue weighted by molar-refractivity contribution is -0.133. The van der Waals surface area contributed by atoms with Crippen LogP contribution in [-0.4, -0.2) is 50.9 Å². The molecule has 1 unspecified atom stereocenters. The minimum Gasteiger partial charge on any atom is -0.376 e. The molecule has 0 N–H and O–H groups in total. The second-order valence-electron chi connectivity index (χ2n) is 8.94. The van der Waals surface area contributed by atoms with Crippen molar-refractivity contribution in [2.75, 3.05) is 12.4 Å². The minimum absolute atomic E-state index is 0.0325. The van der Waals surface area contributed by atoms with E-state index in [0.29, 0.717) is 34.4 Å². The Kier molecular flexibility index (Phi) is 7.33. The van der Waals surface area contributed by atoms with Crippen LogP contribution < -0.4 is 5.56 Å². The van der Waals surface area contributed by atoms with Crippen molar-refractivity contribution < 1.29 is 9.53 Å². The van der Waals surface area contributed by atoms with E-state index in [4.69, 9.17) is 9.72 Å². The van der Waals surface area contributed by atoms with E-state index in [1.807, 2.05) is 24.3 Å². The van der Waals surface area contributed by atoms with Crippen LogP contribution in [0.1, 0.15) is 58.8 Å².